The van der Waals surface area contributed by atoms with E-state index in [2.05, 4.69) is 15.0 Å². The number of imidazole rings is 1. The standard InChI is InChI=1S/C27H33F2N5O4/c1-16(9-10-17(2)28)15-34-23-24(31-25(34)20-14-21(29)19(4)30-18(20)3)32-27(36)33(26(23)35)11-7-13-38-22-8-5-6-12-37-22/h9-10,14,22H,5-8,11-13,15H2,1-4H3,(H,32,36)/b16-9+,17-10+. The molecule has 9 nitrogen and oxygen atoms in total. The van der Waals surface area contributed by atoms with Gasteiger partial charge in [0.2, 0.25) is 0 Å². The number of fused-ring (bicyclic) bond motifs is 1. The summed E-state index contributed by atoms with van der Waals surface area (Å²) in [5.74, 6) is -0.602. The number of hydrogen-bond donors (Lipinski definition) is 1. The Morgan fingerprint density at radius 1 is 1.18 bits per heavy atom. The molecule has 0 aromatic carbocycles. The summed E-state index contributed by atoms with van der Waals surface area (Å²) >= 11 is 0. The second-order valence-electron chi connectivity index (χ2n) is 9.58. The highest BCUT2D eigenvalue weighted by Gasteiger charge is 2.22. The lowest BCUT2D eigenvalue weighted by Gasteiger charge is -2.22. The van der Waals surface area contributed by atoms with E-state index in [1.807, 2.05) is 0 Å². The number of H-pyrrole nitrogens is 1. The van der Waals surface area contributed by atoms with Crippen LogP contribution >= 0.6 is 0 Å². The molecular formula is C27H33F2N5O4. The molecule has 0 spiro atoms. The van der Waals surface area contributed by atoms with Gasteiger partial charge in [0, 0.05) is 31.0 Å². The van der Waals surface area contributed by atoms with Crippen LogP contribution in [0.4, 0.5) is 8.78 Å². The highest BCUT2D eigenvalue weighted by atomic mass is 19.1. The SMILES string of the molecule is C/C(F)=C\C=C(/C)Cn1c(-c2cc(F)c(C)nc2C)nc2[nH]c(=O)n(CCCOC3CCCCO3)c(=O)c21. The van der Waals surface area contributed by atoms with Crippen molar-refractivity contribution in [1.82, 2.24) is 24.1 Å². The van der Waals surface area contributed by atoms with E-state index in [0.29, 0.717) is 30.9 Å². The van der Waals surface area contributed by atoms with Crippen LogP contribution in [-0.4, -0.2) is 43.6 Å². The number of aryl methyl sites for hydroxylation is 2. The molecule has 0 radical (unpaired) electrons. The molecule has 1 fully saturated rings. The van der Waals surface area contributed by atoms with Crippen LogP contribution in [0.1, 0.15) is 50.9 Å². The van der Waals surface area contributed by atoms with E-state index in [1.165, 1.54) is 19.1 Å². The van der Waals surface area contributed by atoms with Crippen LogP contribution in [0.25, 0.3) is 22.6 Å². The van der Waals surface area contributed by atoms with E-state index in [4.69, 9.17) is 9.47 Å². The van der Waals surface area contributed by atoms with Crippen molar-refractivity contribution in [3.8, 4) is 11.4 Å². The maximum absolute atomic E-state index is 14.5. The molecule has 1 unspecified atom stereocenters. The normalized spacial score (nSPS) is 16.9. The van der Waals surface area contributed by atoms with Crippen LogP contribution in [-0.2, 0) is 22.6 Å². The largest absolute Gasteiger partial charge is 0.353 e. The first-order valence-corrected chi connectivity index (χ1v) is 12.8. The topological polar surface area (TPSA) is 104 Å². The molecule has 0 aliphatic carbocycles. The zero-order valence-corrected chi connectivity index (χ0v) is 22.1. The number of ether oxygens (including phenoxy) is 2. The fraction of sp³-hybridized carbons (Fsp3) is 0.481. The van der Waals surface area contributed by atoms with Crippen molar-refractivity contribution in [3.05, 3.63) is 67.7 Å². The summed E-state index contributed by atoms with van der Waals surface area (Å²) in [6.07, 6.45) is 5.98. The van der Waals surface area contributed by atoms with Crippen molar-refractivity contribution in [2.24, 2.45) is 0 Å². The molecular weight excluding hydrogens is 496 g/mol. The molecule has 0 saturated carbocycles. The smallest absolute Gasteiger partial charge is 0.330 e. The molecule has 0 bridgehead atoms. The van der Waals surface area contributed by atoms with Crippen LogP contribution in [0.3, 0.4) is 0 Å². The van der Waals surface area contributed by atoms with Gasteiger partial charge in [0.25, 0.3) is 5.56 Å². The first-order chi connectivity index (χ1) is 18.2. The number of halogens is 2. The van der Waals surface area contributed by atoms with Crippen molar-refractivity contribution < 1.29 is 18.3 Å². The van der Waals surface area contributed by atoms with Crippen LogP contribution in [0, 0.1) is 19.7 Å². The second kappa shape index (κ2) is 12.0. The molecule has 1 aliphatic heterocycles. The van der Waals surface area contributed by atoms with Crippen LogP contribution in [0.5, 0.6) is 0 Å². The maximum Gasteiger partial charge on any atom is 0.330 e. The summed E-state index contributed by atoms with van der Waals surface area (Å²) in [4.78, 5) is 37.9. The highest BCUT2D eigenvalue weighted by Crippen LogP contribution is 2.27. The number of pyridine rings is 1. The third kappa shape index (κ3) is 6.16. The third-order valence-electron chi connectivity index (χ3n) is 6.44. The quantitative estimate of drug-likeness (QED) is 0.324. The molecule has 4 heterocycles. The van der Waals surface area contributed by atoms with Crippen LogP contribution in [0.2, 0.25) is 0 Å². The number of rotatable bonds is 9. The Bertz CT molecular complexity index is 1490. The lowest BCUT2D eigenvalue weighted by Crippen LogP contribution is -2.36. The van der Waals surface area contributed by atoms with Gasteiger partial charge >= 0.3 is 5.69 Å². The fourth-order valence-corrected chi connectivity index (χ4v) is 4.47. The lowest BCUT2D eigenvalue weighted by molar-refractivity contribution is -0.163. The highest BCUT2D eigenvalue weighted by molar-refractivity contribution is 5.77. The van der Waals surface area contributed by atoms with E-state index in [-0.39, 0.29) is 47.9 Å². The van der Waals surface area contributed by atoms with Crippen LogP contribution < -0.4 is 11.2 Å². The summed E-state index contributed by atoms with van der Waals surface area (Å²) in [6.45, 7) is 7.70. The van der Waals surface area contributed by atoms with Crippen molar-refractivity contribution in [1.29, 1.82) is 0 Å². The first kappa shape index (κ1) is 27.6. The Morgan fingerprint density at radius 2 is 1.97 bits per heavy atom. The van der Waals surface area contributed by atoms with Crippen molar-refractivity contribution in [2.75, 3.05) is 13.2 Å². The van der Waals surface area contributed by atoms with Gasteiger partial charge < -0.3 is 14.0 Å². The number of allylic oxidation sites excluding steroid dienone is 4. The molecule has 204 valence electrons. The molecule has 0 amide bonds. The summed E-state index contributed by atoms with van der Waals surface area (Å²) in [5, 5.41) is 0. The number of nitrogens with one attached hydrogen (secondary N) is 1. The monoisotopic (exact) mass is 529 g/mol. The molecule has 1 saturated heterocycles. The first-order valence-electron chi connectivity index (χ1n) is 12.8. The zero-order chi connectivity index (χ0) is 27.4. The van der Waals surface area contributed by atoms with Gasteiger partial charge in [-0.15, -0.1) is 0 Å². The minimum absolute atomic E-state index is 0.0866. The Labute approximate surface area is 218 Å². The second-order valence-corrected chi connectivity index (χ2v) is 9.58. The number of aromatic nitrogens is 5. The number of aromatic amines is 1. The minimum Gasteiger partial charge on any atom is -0.353 e. The summed E-state index contributed by atoms with van der Waals surface area (Å²) in [7, 11) is 0. The van der Waals surface area contributed by atoms with Crippen molar-refractivity contribution in [3.63, 3.8) is 0 Å². The van der Waals surface area contributed by atoms with Gasteiger partial charge in [-0.25, -0.2) is 18.6 Å². The van der Waals surface area contributed by atoms with Gasteiger partial charge in [-0.05, 0) is 65.5 Å². The average Bonchev–Trinajstić information content (AvgIpc) is 3.22. The number of nitrogens with zero attached hydrogens (tertiary/aromatic N) is 4. The third-order valence-corrected chi connectivity index (χ3v) is 6.44. The van der Waals surface area contributed by atoms with Gasteiger partial charge in [0.05, 0.1) is 18.1 Å². The van der Waals surface area contributed by atoms with Crippen molar-refractivity contribution >= 4 is 11.2 Å². The summed E-state index contributed by atoms with van der Waals surface area (Å²) in [5.41, 5.74) is 0.992. The van der Waals surface area contributed by atoms with Gasteiger partial charge in [-0.3, -0.25) is 19.3 Å². The Morgan fingerprint density at radius 3 is 2.68 bits per heavy atom. The van der Waals surface area contributed by atoms with E-state index in [1.54, 1.807) is 31.4 Å². The van der Waals surface area contributed by atoms with E-state index >= 15 is 0 Å². The van der Waals surface area contributed by atoms with Gasteiger partial charge in [-0.1, -0.05) is 11.6 Å². The molecule has 1 aliphatic rings. The van der Waals surface area contributed by atoms with Gasteiger partial charge in [-0.2, -0.15) is 0 Å². The van der Waals surface area contributed by atoms with E-state index < -0.39 is 17.1 Å². The Balaban J connectivity index is 1.75. The summed E-state index contributed by atoms with van der Waals surface area (Å²) in [6, 6.07) is 1.32. The Hall–Kier alpha value is -3.44. The molecule has 38 heavy (non-hydrogen) atoms. The molecule has 11 heteroatoms. The summed E-state index contributed by atoms with van der Waals surface area (Å²) < 4.78 is 41.9. The molecule has 4 rings (SSSR count). The molecule has 3 aromatic heterocycles. The maximum atomic E-state index is 14.5. The van der Waals surface area contributed by atoms with Gasteiger partial charge in [0.15, 0.2) is 17.5 Å². The van der Waals surface area contributed by atoms with E-state index in [0.717, 1.165) is 29.4 Å². The Kier molecular flexibility index (Phi) is 8.68. The molecule has 3 aromatic rings. The minimum atomic E-state index is -0.596. The zero-order valence-electron chi connectivity index (χ0n) is 22.1. The van der Waals surface area contributed by atoms with Crippen molar-refractivity contribution in [2.45, 2.75) is 72.8 Å². The fourth-order valence-electron chi connectivity index (χ4n) is 4.47. The predicted octanol–water partition coefficient (Wildman–Crippen LogP) is 4.46. The number of hydrogen-bond acceptors (Lipinski definition) is 6. The lowest BCUT2D eigenvalue weighted by atomic mass is 10.1. The van der Waals surface area contributed by atoms with Crippen LogP contribution in [0.15, 0.2) is 39.2 Å². The molecule has 1 N–H and O–H groups in total. The van der Waals surface area contributed by atoms with Gasteiger partial charge in [0.1, 0.15) is 11.6 Å². The molecule has 1 atom stereocenters. The predicted molar refractivity (Wildman–Crippen MR) is 140 cm³/mol. The van der Waals surface area contributed by atoms with E-state index in [9.17, 15) is 18.4 Å². The average molecular weight is 530 g/mol.